The molecule has 0 unspecified atom stereocenters. The van der Waals surface area contributed by atoms with Gasteiger partial charge in [-0.15, -0.1) is 11.3 Å². The van der Waals surface area contributed by atoms with Crippen molar-refractivity contribution in [1.29, 1.82) is 0 Å². The highest BCUT2D eigenvalue weighted by atomic mass is 32.1. The zero-order valence-electron chi connectivity index (χ0n) is 11.4. The van der Waals surface area contributed by atoms with Crippen LogP contribution in [0.25, 0.3) is 0 Å². The van der Waals surface area contributed by atoms with Crippen molar-refractivity contribution >= 4 is 23.2 Å². The van der Waals surface area contributed by atoms with E-state index >= 15 is 0 Å². The Morgan fingerprint density at radius 2 is 2.18 bits per heavy atom. The SMILES string of the molecule is O=C(c1csc(C(F)(F)F)n1)N1C[C@@H]2CCC[C@@]2(C(=O)O)C1. The van der Waals surface area contributed by atoms with E-state index in [0.29, 0.717) is 17.8 Å². The number of carbonyl (C=O) groups excluding carboxylic acids is 1. The summed E-state index contributed by atoms with van der Waals surface area (Å²) in [7, 11) is 0. The van der Waals surface area contributed by atoms with Gasteiger partial charge in [0.15, 0.2) is 5.01 Å². The fourth-order valence-electron chi connectivity index (χ4n) is 3.46. The van der Waals surface area contributed by atoms with Crippen molar-refractivity contribution in [3.8, 4) is 0 Å². The number of hydrogen-bond acceptors (Lipinski definition) is 4. The number of rotatable bonds is 2. The molecule has 0 radical (unpaired) electrons. The molecule has 1 amide bonds. The molecule has 1 aromatic rings. The Morgan fingerprint density at radius 3 is 2.73 bits per heavy atom. The Labute approximate surface area is 127 Å². The van der Waals surface area contributed by atoms with E-state index in [4.69, 9.17) is 0 Å². The molecule has 2 atom stereocenters. The highest BCUT2D eigenvalue weighted by Gasteiger charge is 2.56. The van der Waals surface area contributed by atoms with E-state index in [1.165, 1.54) is 4.90 Å². The molecule has 5 nitrogen and oxygen atoms in total. The van der Waals surface area contributed by atoms with Gasteiger partial charge in [-0.25, -0.2) is 4.98 Å². The Morgan fingerprint density at radius 1 is 1.45 bits per heavy atom. The second-order valence-corrected chi connectivity index (χ2v) is 6.63. The third-order valence-electron chi connectivity index (χ3n) is 4.55. The van der Waals surface area contributed by atoms with Gasteiger partial charge < -0.3 is 10.0 Å². The van der Waals surface area contributed by atoms with Crippen LogP contribution in [0, 0.1) is 11.3 Å². The number of fused-ring (bicyclic) bond motifs is 1. The van der Waals surface area contributed by atoms with Gasteiger partial charge in [0.05, 0.1) is 5.41 Å². The molecule has 3 rings (SSSR count). The summed E-state index contributed by atoms with van der Waals surface area (Å²) in [5.41, 5.74) is -1.21. The first kappa shape index (κ1) is 15.3. The normalized spacial score (nSPS) is 28.0. The molecular weight excluding hydrogens is 321 g/mol. The van der Waals surface area contributed by atoms with Gasteiger partial charge in [0.1, 0.15) is 5.69 Å². The van der Waals surface area contributed by atoms with Crippen LogP contribution in [0.15, 0.2) is 5.38 Å². The average Bonchev–Trinajstić information content (AvgIpc) is 3.10. The van der Waals surface area contributed by atoms with Gasteiger partial charge in [-0.05, 0) is 18.8 Å². The van der Waals surface area contributed by atoms with Crippen LogP contribution >= 0.6 is 11.3 Å². The van der Waals surface area contributed by atoms with Crippen molar-refractivity contribution in [3.05, 3.63) is 16.1 Å². The van der Waals surface area contributed by atoms with E-state index in [9.17, 15) is 27.9 Å². The maximum Gasteiger partial charge on any atom is 0.443 e. The molecule has 1 saturated heterocycles. The van der Waals surface area contributed by atoms with E-state index in [1.54, 1.807) is 0 Å². The average molecular weight is 334 g/mol. The van der Waals surface area contributed by atoms with Gasteiger partial charge in [-0.3, -0.25) is 9.59 Å². The largest absolute Gasteiger partial charge is 0.481 e. The lowest BCUT2D eigenvalue weighted by Gasteiger charge is -2.23. The first-order valence-corrected chi connectivity index (χ1v) is 7.67. The lowest BCUT2D eigenvalue weighted by Crippen LogP contribution is -2.37. The van der Waals surface area contributed by atoms with Gasteiger partial charge in [0, 0.05) is 18.5 Å². The molecule has 1 aliphatic heterocycles. The topological polar surface area (TPSA) is 70.5 Å². The fraction of sp³-hybridized carbons (Fsp3) is 0.615. The van der Waals surface area contributed by atoms with Gasteiger partial charge in [-0.2, -0.15) is 13.2 Å². The third kappa shape index (κ3) is 2.27. The summed E-state index contributed by atoms with van der Waals surface area (Å²) >= 11 is 0.370. The molecule has 2 aliphatic rings. The summed E-state index contributed by atoms with van der Waals surface area (Å²) in [5, 5.41) is 9.46. The van der Waals surface area contributed by atoms with Crippen LogP contribution in [0.5, 0.6) is 0 Å². The highest BCUT2D eigenvalue weighted by molar-refractivity contribution is 7.09. The van der Waals surface area contributed by atoms with Crippen LogP contribution < -0.4 is 0 Å². The van der Waals surface area contributed by atoms with E-state index in [2.05, 4.69) is 4.98 Å². The van der Waals surface area contributed by atoms with Crippen LogP contribution in [-0.4, -0.2) is 40.0 Å². The molecular formula is C13H13F3N2O3S. The van der Waals surface area contributed by atoms with Gasteiger partial charge >= 0.3 is 12.1 Å². The lowest BCUT2D eigenvalue weighted by molar-refractivity contribution is -0.149. The molecule has 0 bridgehead atoms. The Bertz CT molecular complexity index is 630. The Hall–Kier alpha value is -1.64. The van der Waals surface area contributed by atoms with Gasteiger partial charge in [0.2, 0.25) is 0 Å². The number of carboxylic acid groups (broad SMARTS) is 1. The van der Waals surface area contributed by atoms with Crippen LogP contribution in [0.3, 0.4) is 0 Å². The molecule has 1 N–H and O–H groups in total. The molecule has 1 saturated carbocycles. The second kappa shape index (κ2) is 4.94. The van der Waals surface area contributed by atoms with Crippen molar-refractivity contribution in [2.75, 3.05) is 13.1 Å². The Kier molecular flexibility index (Phi) is 3.42. The fourth-order valence-corrected chi connectivity index (χ4v) is 4.12. The van der Waals surface area contributed by atoms with Crippen molar-refractivity contribution < 1.29 is 27.9 Å². The number of amides is 1. The molecule has 9 heteroatoms. The highest BCUT2D eigenvalue weighted by Crippen LogP contribution is 2.49. The summed E-state index contributed by atoms with van der Waals surface area (Å²) < 4.78 is 37.6. The number of aromatic nitrogens is 1. The maximum absolute atomic E-state index is 12.5. The molecule has 2 heterocycles. The minimum absolute atomic E-state index is 0.0463. The summed E-state index contributed by atoms with van der Waals surface area (Å²) in [4.78, 5) is 28.5. The predicted molar refractivity (Wildman–Crippen MR) is 70.4 cm³/mol. The third-order valence-corrected chi connectivity index (χ3v) is 5.44. The molecule has 120 valence electrons. The van der Waals surface area contributed by atoms with E-state index in [1.807, 2.05) is 0 Å². The molecule has 22 heavy (non-hydrogen) atoms. The molecule has 1 aromatic heterocycles. The van der Waals surface area contributed by atoms with E-state index < -0.39 is 28.5 Å². The quantitative estimate of drug-likeness (QED) is 0.902. The van der Waals surface area contributed by atoms with Crippen molar-refractivity contribution in [1.82, 2.24) is 9.88 Å². The van der Waals surface area contributed by atoms with E-state index in [0.717, 1.165) is 18.2 Å². The first-order chi connectivity index (χ1) is 10.2. The lowest BCUT2D eigenvalue weighted by atomic mass is 9.81. The standard InChI is InChI=1S/C13H13F3N2O3S/c14-13(15,16)10-17-8(5-22-10)9(19)18-4-7-2-1-3-12(7,6-18)11(20)21/h5,7H,1-4,6H2,(H,20,21)/t7-,12+/m0/s1. The summed E-state index contributed by atoms with van der Waals surface area (Å²) in [6.45, 7) is 0.314. The number of nitrogens with zero attached hydrogens (tertiary/aromatic N) is 2. The van der Waals surface area contributed by atoms with Crippen molar-refractivity contribution in [2.24, 2.45) is 11.3 Å². The van der Waals surface area contributed by atoms with E-state index in [-0.39, 0.29) is 24.7 Å². The first-order valence-electron chi connectivity index (χ1n) is 6.79. The van der Waals surface area contributed by atoms with Crippen molar-refractivity contribution in [2.45, 2.75) is 25.4 Å². The number of alkyl halides is 3. The minimum Gasteiger partial charge on any atom is -0.481 e. The Balaban J connectivity index is 1.80. The zero-order chi connectivity index (χ0) is 16.1. The van der Waals surface area contributed by atoms with Crippen LogP contribution in [0.1, 0.15) is 34.8 Å². The zero-order valence-corrected chi connectivity index (χ0v) is 12.2. The summed E-state index contributed by atoms with van der Waals surface area (Å²) in [6.07, 6.45) is -2.55. The molecule has 1 aliphatic carbocycles. The van der Waals surface area contributed by atoms with Crippen LogP contribution in [0.2, 0.25) is 0 Å². The molecule has 0 aromatic carbocycles. The molecule has 2 fully saturated rings. The molecule has 0 spiro atoms. The number of halogens is 3. The van der Waals surface area contributed by atoms with Crippen LogP contribution in [0.4, 0.5) is 13.2 Å². The van der Waals surface area contributed by atoms with Gasteiger partial charge in [0.25, 0.3) is 5.91 Å². The summed E-state index contributed by atoms with van der Waals surface area (Å²) in [6, 6.07) is 0. The number of aliphatic carboxylic acids is 1. The number of carbonyl (C=O) groups is 2. The summed E-state index contributed by atoms with van der Waals surface area (Å²) in [5.74, 6) is -1.68. The van der Waals surface area contributed by atoms with Crippen molar-refractivity contribution in [3.63, 3.8) is 0 Å². The van der Waals surface area contributed by atoms with Crippen LogP contribution in [-0.2, 0) is 11.0 Å². The predicted octanol–water partition coefficient (Wildman–Crippen LogP) is 2.49. The maximum atomic E-state index is 12.5. The monoisotopic (exact) mass is 334 g/mol. The van der Waals surface area contributed by atoms with Gasteiger partial charge in [-0.1, -0.05) is 6.42 Å². The number of hydrogen-bond donors (Lipinski definition) is 1. The number of carboxylic acids is 1. The minimum atomic E-state index is -4.58. The second-order valence-electron chi connectivity index (χ2n) is 5.77. The number of likely N-dealkylation sites (tertiary alicyclic amines) is 1. The number of thiazole rings is 1. The smallest absolute Gasteiger partial charge is 0.443 e.